The molecule has 1 aromatic heterocycles. The molecular weight excluding hydrogens is 435 g/mol. The standard InChI is InChI=1S/C20H18Cl2N2O4S/c1-13(18-8-7-15(21)11-19(18)22)24-20(25)14-4-2-6-17(10-14)29(26,27)23-12-16-5-3-9-28-16/h2-11,13,23H,12H2,1H3,(H,24,25). The van der Waals surface area contributed by atoms with Crippen LogP contribution in [-0.4, -0.2) is 14.3 Å². The number of hydrogen-bond donors (Lipinski definition) is 2. The van der Waals surface area contributed by atoms with Gasteiger partial charge in [0.05, 0.1) is 23.7 Å². The fraction of sp³-hybridized carbons (Fsp3) is 0.150. The van der Waals surface area contributed by atoms with E-state index in [0.717, 1.165) is 0 Å². The summed E-state index contributed by atoms with van der Waals surface area (Å²) in [6.45, 7) is 1.79. The average Bonchev–Trinajstić information content (AvgIpc) is 3.20. The van der Waals surface area contributed by atoms with E-state index in [-0.39, 0.29) is 17.0 Å². The molecule has 0 bridgehead atoms. The highest BCUT2D eigenvalue weighted by atomic mass is 35.5. The minimum absolute atomic E-state index is 0.0118. The van der Waals surface area contributed by atoms with Gasteiger partial charge in [0.25, 0.3) is 5.91 Å². The van der Waals surface area contributed by atoms with Gasteiger partial charge in [-0.1, -0.05) is 35.3 Å². The van der Waals surface area contributed by atoms with Crippen LogP contribution in [0.3, 0.4) is 0 Å². The Labute approximate surface area is 178 Å². The molecule has 1 heterocycles. The van der Waals surface area contributed by atoms with E-state index in [1.807, 2.05) is 0 Å². The number of furan rings is 1. The van der Waals surface area contributed by atoms with Gasteiger partial charge in [-0.3, -0.25) is 4.79 Å². The molecule has 6 nitrogen and oxygen atoms in total. The first-order valence-corrected chi connectivity index (χ1v) is 10.9. The third-order valence-corrected chi connectivity index (χ3v) is 6.16. The number of rotatable bonds is 7. The lowest BCUT2D eigenvalue weighted by atomic mass is 10.1. The number of halogens is 2. The van der Waals surface area contributed by atoms with Gasteiger partial charge in [0.2, 0.25) is 10.0 Å². The molecule has 2 aromatic carbocycles. The lowest BCUT2D eigenvalue weighted by molar-refractivity contribution is 0.0939. The number of benzene rings is 2. The summed E-state index contributed by atoms with van der Waals surface area (Å²) in [6.07, 6.45) is 1.46. The fourth-order valence-electron chi connectivity index (χ4n) is 2.68. The number of amides is 1. The number of carbonyl (C=O) groups excluding carboxylic acids is 1. The van der Waals surface area contributed by atoms with Gasteiger partial charge in [-0.15, -0.1) is 0 Å². The van der Waals surface area contributed by atoms with Gasteiger partial charge in [-0.05, 0) is 55.0 Å². The highest BCUT2D eigenvalue weighted by molar-refractivity contribution is 7.89. The second-order valence-electron chi connectivity index (χ2n) is 6.29. The zero-order chi connectivity index (χ0) is 21.0. The van der Waals surface area contributed by atoms with Crippen molar-refractivity contribution in [2.75, 3.05) is 0 Å². The topological polar surface area (TPSA) is 88.4 Å². The molecule has 1 unspecified atom stereocenters. The number of nitrogens with one attached hydrogen (secondary N) is 2. The molecule has 0 spiro atoms. The van der Waals surface area contributed by atoms with Gasteiger partial charge in [-0.2, -0.15) is 0 Å². The first kappa shape index (κ1) is 21.4. The molecular formula is C20H18Cl2N2O4S. The van der Waals surface area contributed by atoms with E-state index in [9.17, 15) is 13.2 Å². The van der Waals surface area contributed by atoms with Crippen molar-refractivity contribution in [2.45, 2.75) is 24.4 Å². The van der Waals surface area contributed by atoms with Crippen LogP contribution < -0.4 is 10.0 Å². The lowest BCUT2D eigenvalue weighted by Crippen LogP contribution is -2.27. The predicted molar refractivity (Wildman–Crippen MR) is 112 cm³/mol. The first-order chi connectivity index (χ1) is 13.8. The molecule has 0 aliphatic heterocycles. The molecule has 1 atom stereocenters. The van der Waals surface area contributed by atoms with Crippen LogP contribution in [-0.2, 0) is 16.6 Å². The van der Waals surface area contributed by atoms with Crippen LogP contribution in [0, 0.1) is 0 Å². The zero-order valence-electron chi connectivity index (χ0n) is 15.4. The third-order valence-electron chi connectivity index (χ3n) is 4.20. The van der Waals surface area contributed by atoms with Crippen LogP contribution in [0.5, 0.6) is 0 Å². The van der Waals surface area contributed by atoms with Crippen LogP contribution in [0.2, 0.25) is 10.0 Å². The Balaban J connectivity index is 1.73. The summed E-state index contributed by atoms with van der Waals surface area (Å²) in [5.74, 6) is 0.0581. The second kappa shape index (κ2) is 9.00. The Morgan fingerprint density at radius 3 is 2.59 bits per heavy atom. The van der Waals surface area contributed by atoms with Gasteiger partial charge in [0.1, 0.15) is 5.76 Å². The SMILES string of the molecule is CC(NC(=O)c1cccc(S(=O)(=O)NCc2ccco2)c1)c1ccc(Cl)cc1Cl. The molecule has 1 amide bonds. The Hall–Kier alpha value is -2.32. The molecule has 0 aliphatic rings. The first-order valence-electron chi connectivity index (χ1n) is 8.64. The number of hydrogen-bond acceptors (Lipinski definition) is 4. The normalized spacial score (nSPS) is 12.5. The van der Waals surface area contributed by atoms with Crippen molar-refractivity contribution in [1.29, 1.82) is 0 Å². The molecule has 0 fully saturated rings. The Kier molecular flexibility index (Phi) is 6.64. The average molecular weight is 453 g/mol. The summed E-state index contributed by atoms with van der Waals surface area (Å²) in [6, 6.07) is 13.7. The smallest absolute Gasteiger partial charge is 0.251 e. The largest absolute Gasteiger partial charge is 0.468 e. The van der Waals surface area contributed by atoms with Crippen molar-refractivity contribution < 1.29 is 17.6 Å². The summed E-state index contributed by atoms with van der Waals surface area (Å²) in [5.41, 5.74) is 0.913. The van der Waals surface area contributed by atoms with Crippen molar-refractivity contribution in [3.05, 3.63) is 87.8 Å². The summed E-state index contributed by atoms with van der Waals surface area (Å²) in [5, 5.41) is 3.74. The molecule has 9 heteroatoms. The molecule has 3 rings (SSSR count). The maximum Gasteiger partial charge on any atom is 0.251 e. The van der Waals surface area contributed by atoms with Crippen molar-refractivity contribution in [3.8, 4) is 0 Å². The van der Waals surface area contributed by atoms with Gasteiger partial charge >= 0.3 is 0 Å². The second-order valence-corrected chi connectivity index (χ2v) is 8.90. The molecule has 0 saturated carbocycles. The van der Waals surface area contributed by atoms with E-state index in [4.69, 9.17) is 27.6 Å². The minimum Gasteiger partial charge on any atom is -0.468 e. The van der Waals surface area contributed by atoms with Gasteiger partial charge in [0, 0.05) is 15.6 Å². The molecule has 0 radical (unpaired) electrons. The van der Waals surface area contributed by atoms with Crippen LogP contribution in [0.1, 0.15) is 34.6 Å². The molecule has 0 saturated heterocycles. The summed E-state index contributed by atoms with van der Waals surface area (Å²) in [4.78, 5) is 12.6. The van der Waals surface area contributed by atoms with Crippen molar-refractivity contribution in [2.24, 2.45) is 0 Å². The predicted octanol–water partition coefficient (Wildman–Crippen LogP) is 4.56. The monoisotopic (exact) mass is 452 g/mol. The van der Waals surface area contributed by atoms with E-state index in [1.54, 1.807) is 37.3 Å². The maximum absolute atomic E-state index is 12.6. The van der Waals surface area contributed by atoms with Crippen LogP contribution >= 0.6 is 23.2 Å². The summed E-state index contributed by atoms with van der Waals surface area (Å²) in [7, 11) is -3.81. The van der Waals surface area contributed by atoms with Crippen molar-refractivity contribution in [1.82, 2.24) is 10.0 Å². The maximum atomic E-state index is 12.6. The number of carbonyl (C=O) groups is 1. The Morgan fingerprint density at radius 2 is 1.90 bits per heavy atom. The van der Waals surface area contributed by atoms with E-state index < -0.39 is 22.0 Å². The quantitative estimate of drug-likeness (QED) is 0.549. The zero-order valence-corrected chi connectivity index (χ0v) is 17.7. The van der Waals surface area contributed by atoms with Crippen LogP contribution in [0.4, 0.5) is 0 Å². The summed E-state index contributed by atoms with van der Waals surface area (Å²) >= 11 is 12.1. The third kappa shape index (κ3) is 5.39. The van der Waals surface area contributed by atoms with Gasteiger partial charge in [-0.25, -0.2) is 13.1 Å². The highest BCUT2D eigenvalue weighted by Crippen LogP contribution is 2.26. The molecule has 2 N–H and O–H groups in total. The van der Waals surface area contributed by atoms with Crippen LogP contribution in [0.15, 0.2) is 70.2 Å². The fourth-order valence-corrected chi connectivity index (χ4v) is 4.29. The number of sulfonamides is 1. The van der Waals surface area contributed by atoms with Crippen LogP contribution in [0.25, 0.3) is 0 Å². The lowest BCUT2D eigenvalue weighted by Gasteiger charge is -2.16. The van der Waals surface area contributed by atoms with Gasteiger partial charge in [0.15, 0.2) is 0 Å². The van der Waals surface area contributed by atoms with E-state index in [2.05, 4.69) is 10.0 Å². The Bertz CT molecular complexity index is 1120. The van der Waals surface area contributed by atoms with Gasteiger partial charge < -0.3 is 9.73 Å². The van der Waals surface area contributed by atoms with Crippen molar-refractivity contribution in [3.63, 3.8) is 0 Å². The molecule has 152 valence electrons. The molecule has 0 aliphatic carbocycles. The van der Waals surface area contributed by atoms with Crippen molar-refractivity contribution >= 4 is 39.1 Å². The minimum atomic E-state index is -3.81. The van der Waals surface area contributed by atoms with E-state index >= 15 is 0 Å². The molecule has 29 heavy (non-hydrogen) atoms. The highest BCUT2D eigenvalue weighted by Gasteiger charge is 2.18. The molecule has 3 aromatic rings. The van der Waals surface area contributed by atoms with E-state index in [0.29, 0.717) is 21.4 Å². The Morgan fingerprint density at radius 1 is 1.10 bits per heavy atom. The van der Waals surface area contributed by atoms with E-state index in [1.165, 1.54) is 30.5 Å². The summed E-state index contributed by atoms with van der Waals surface area (Å²) < 4.78 is 32.6.